The zero-order valence-electron chi connectivity index (χ0n) is 15.6. The highest BCUT2D eigenvalue weighted by atomic mass is 16.4. The SMILES string of the molecule is CC(CCC(=O)O)C1CC[C@H]2[C@@H]3CC=C4CC(O)CC[C@@H]4[C@H]3CC[C@H]12. The molecule has 0 aromatic rings. The molecule has 0 bridgehead atoms. The molecule has 0 radical (unpaired) electrons. The van der Waals surface area contributed by atoms with Crippen molar-refractivity contribution in [2.24, 2.45) is 41.4 Å². The molecule has 0 amide bonds. The first-order chi connectivity index (χ1) is 12.0. The molecule has 2 N–H and O–H groups in total. The standard InChI is InChI=1S/C22H34O3/c1-13(2-11-22(24)25)16-7-8-21-18(16)9-10-19-17-6-4-15(23)12-14(17)3-5-20(19)21/h3,13,15-21,23H,2,4-12H2,1H3,(H,24,25)/t13?,15?,16?,17-,18+,19+,20+,21+/m0/s1. The first-order valence-corrected chi connectivity index (χ1v) is 10.6. The summed E-state index contributed by atoms with van der Waals surface area (Å²) in [5.74, 6) is 4.86. The summed E-state index contributed by atoms with van der Waals surface area (Å²) in [6.45, 7) is 2.30. The second-order valence-electron chi connectivity index (χ2n) is 9.44. The van der Waals surface area contributed by atoms with Crippen molar-refractivity contribution >= 4 is 5.97 Å². The van der Waals surface area contributed by atoms with E-state index >= 15 is 0 Å². The molecule has 0 aromatic carbocycles. The summed E-state index contributed by atoms with van der Waals surface area (Å²) < 4.78 is 0. The average molecular weight is 347 g/mol. The molecule has 0 aromatic heterocycles. The molecule has 140 valence electrons. The number of aliphatic hydroxyl groups excluding tert-OH is 1. The zero-order chi connectivity index (χ0) is 17.6. The molecular formula is C22H34O3. The second kappa shape index (κ2) is 7.06. The van der Waals surface area contributed by atoms with E-state index in [1.807, 2.05) is 0 Å². The maximum atomic E-state index is 10.9. The number of carbonyl (C=O) groups is 1. The molecule has 3 nitrogen and oxygen atoms in total. The van der Waals surface area contributed by atoms with E-state index in [9.17, 15) is 9.90 Å². The van der Waals surface area contributed by atoms with Crippen LogP contribution in [0.3, 0.4) is 0 Å². The number of hydrogen-bond acceptors (Lipinski definition) is 2. The van der Waals surface area contributed by atoms with Crippen LogP contribution in [-0.4, -0.2) is 22.3 Å². The number of carboxylic acids is 1. The molecule has 3 unspecified atom stereocenters. The topological polar surface area (TPSA) is 57.5 Å². The van der Waals surface area contributed by atoms with E-state index in [0.717, 1.165) is 54.8 Å². The minimum atomic E-state index is -0.644. The van der Waals surface area contributed by atoms with Gasteiger partial charge < -0.3 is 10.2 Å². The van der Waals surface area contributed by atoms with Crippen LogP contribution in [0.4, 0.5) is 0 Å². The van der Waals surface area contributed by atoms with E-state index in [0.29, 0.717) is 12.3 Å². The summed E-state index contributed by atoms with van der Waals surface area (Å²) in [6, 6.07) is 0. The minimum Gasteiger partial charge on any atom is -0.481 e. The summed E-state index contributed by atoms with van der Waals surface area (Å²) in [7, 11) is 0. The fourth-order valence-electron chi connectivity index (χ4n) is 7.22. The molecule has 0 heterocycles. The van der Waals surface area contributed by atoms with E-state index in [1.54, 1.807) is 5.57 Å². The third kappa shape index (κ3) is 3.29. The Hall–Kier alpha value is -0.830. The summed E-state index contributed by atoms with van der Waals surface area (Å²) in [6.07, 6.45) is 13.4. The Labute approximate surface area is 151 Å². The van der Waals surface area contributed by atoms with Gasteiger partial charge in [0.15, 0.2) is 0 Å². The number of hydrogen-bond donors (Lipinski definition) is 2. The Balaban J connectivity index is 1.44. The number of aliphatic carboxylic acids is 1. The van der Waals surface area contributed by atoms with Crippen LogP contribution in [-0.2, 0) is 4.79 Å². The van der Waals surface area contributed by atoms with Gasteiger partial charge >= 0.3 is 5.97 Å². The van der Waals surface area contributed by atoms with Crippen LogP contribution in [0.2, 0.25) is 0 Å². The van der Waals surface area contributed by atoms with Crippen molar-refractivity contribution < 1.29 is 15.0 Å². The number of rotatable bonds is 4. The van der Waals surface area contributed by atoms with E-state index in [-0.39, 0.29) is 6.10 Å². The molecule has 3 fully saturated rings. The highest BCUT2D eigenvalue weighted by Crippen LogP contribution is 2.58. The fraction of sp³-hybridized carbons (Fsp3) is 0.864. The van der Waals surface area contributed by atoms with Crippen molar-refractivity contribution in [2.75, 3.05) is 0 Å². The second-order valence-corrected chi connectivity index (χ2v) is 9.44. The molecule has 0 spiro atoms. The van der Waals surface area contributed by atoms with Gasteiger partial charge in [-0.25, -0.2) is 0 Å². The molecule has 8 atom stereocenters. The number of allylic oxidation sites excluding steroid dienone is 1. The van der Waals surface area contributed by atoms with Gasteiger partial charge in [0.1, 0.15) is 0 Å². The Kier molecular flexibility index (Phi) is 4.96. The maximum absolute atomic E-state index is 10.9. The molecule has 25 heavy (non-hydrogen) atoms. The van der Waals surface area contributed by atoms with Crippen LogP contribution in [0.15, 0.2) is 11.6 Å². The molecule has 3 heteroatoms. The summed E-state index contributed by atoms with van der Waals surface area (Å²) >= 11 is 0. The molecule has 3 saturated carbocycles. The Morgan fingerprint density at radius 3 is 2.64 bits per heavy atom. The van der Waals surface area contributed by atoms with Crippen LogP contribution in [0.1, 0.15) is 71.1 Å². The molecule has 4 aliphatic carbocycles. The molecule has 0 saturated heterocycles. The number of aliphatic hydroxyl groups is 1. The quantitative estimate of drug-likeness (QED) is 0.729. The van der Waals surface area contributed by atoms with Crippen LogP contribution < -0.4 is 0 Å². The lowest BCUT2D eigenvalue weighted by molar-refractivity contribution is -0.137. The number of carboxylic acid groups (broad SMARTS) is 1. The van der Waals surface area contributed by atoms with E-state index in [2.05, 4.69) is 13.0 Å². The first kappa shape index (κ1) is 17.6. The van der Waals surface area contributed by atoms with Gasteiger partial charge in [-0.1, -0.05) is 18.6 Å². The van der Waals surface area contributed by atoms with E-state index in [1.165, 1.54) is 38.5 Å². The van der Waals surface area contributed by atoms with Gasteiger partial charge in [-0.3, -0.25) is 4.79 Å². The molecule has 4 rings (SSSR count). The highest BCUT2D eigenvalue weighted by molar-refractivity contribution is 5.66. The average Bonchev–Trinajstić information content (AvgIpc) is 3.03. The van der Waals surface area contributed by atoms with Crippen molar-refractivity contribution in [3.8, 4) is 0 Å². The van der Waals surface area contributed by atoms with Crippen LogP contribution >= 0.6 is 0 Å². The molecule has 0 aliphatic heterocycles. The number of fused-ring (bicyclic) bond motifs is 5. The predicted molar refractivity (Wildman–Crippen MR) is 98.0 cm³/mol. The van der Waals surface area contributed by atoms with Crippen LogP contribution in [0.25, 0.3) is 0 Å². The zero-order valence-corrected chi connectivity index (χ0v) is 15.6. The summed E-state index contributed by atoms with van der Waals surface area (Å²) in [5.41, 5.74) is 1.57. The first-order valence-electron chi connectivity index (χ1n) is 10.6. The maximum Gasteiger partial charge on any atom is 0.303 e. The van der Waals surface area contributed by atoms with Gasteiger partial charge in [0.25, 0.3) is 0 Å². The van der Waals surface area contributed by atoms with Crippen LogP contribution in [0.5, 0.6) is 0 Å². The van der Waals surface area contributed by atoms with Crippen molar-refractivity contribution in [3.63, 3.8) is 0 Å². The lowest BCUT2D eigenvalue weighted by Gasteiger charge is -2.50. The normalized spacial score (nSPS) is 44.2. The van der Waals surface area contributed by atoms with Gasteiger partial charge in [-0.2, -0.15) is 0 Å². The minimum absolute atomic E-state index is 0.0960. The monoisotopic (exact) mass is 346 g/mol. The largest absolute Gasteiger partial charge is 0.481 e. The Morgan fingerprint density at radius 2 is 1.84 bits per heavy atom. The molecular weight excluding hydrogens is 312 g/mol. The van der Waals surface area contributed by atoms with Crippen molar-refractivity contribution in [2.45, 2.75) is 77.2 Å². The summed E-state index contributed by atoms with van der Waals surface area (Å²) in [4.78, 5) is 10.9. The lowest BCUT2D eigenvalue weighted by Crippen LogP contribution is -2.42. The Bertz CT molecular complexity index is 539. The van der Waals surface area contributed by atoms with E-state index < -0.39 is 5.97 Å². The Morgan fingerprint density at radius 1 is 1.08 bits per heavy atom. The smallest absolute Gasteiger partial charge is 0.303 e. The lowest BCUT2D eigenvalue weighted by atomic mass is 9.56. The van der Waals surface area contributed by atoms with Crippen molar-refractivity contribution in [3.05, 3.63) is 11.6 Å². The van der Waals surface area contributed by atoms with E-state index in [4.69, 9.17) is 5.11 Å². The highest BCUT2D eigenvalue weighted by Gasteiger charge is 2.50. The van der Waals surface area contributed by atoms with Gasteiger partial charge in [-0.05, 0) is 99.2 Å². The molecule has 4 aliphatic rings. The third-order valence-corrected chi connectivity index (χ3v) is 8.34. The van der Waals surface area contributed by atoms with Gasteiger partial charge in [-0.15, -0.1) is 0 Å². The fourth-order valence-corrected chi connectivity index (χ4v) is 7.22. The van der Waals surface area contributed by atoms with Gasteiger partial charge in [0.05, 0.1) is 6.10 Å². The van der Waals surface area contributed by atoms with Gasteiger partial charge in [0, 0.05) is 6.42 Å². The predicted octanol–water partition coefficient (Wildman–Crippen LogP) is 4.65. The van der Waals surface area contributed by atoms with Crippen LogP contribution in [0, 0.1) is 41.4 Å². The van der Waals surface area contributed by atoms with Crippen molar-refractivity contribution in [1.29, 1.82) is 0 Å². The van der Waals surface area contributed by atoms with Gasteiger partial charge in [0.2, 0.25) is 0 Å². The van der Waals surface area contributed by atoms with Crippen molar-refractivity contribution in [1.82, 2.24) is 0 Å². The summed E-state index contributed by atoms with van der Waals surface area (Å²) in [5, 5.41) is 19.0. The third-order valence-electron chi connectivity index (χ3n) is 8.34.